The van der Waals surface area contributed by atoms with Crippen LogP contribution in [0, 0.1) is 0 Å². The fourth-order valence-corrected chi connectivity index (χ4v) is 3.63. The standard InChI is InChI=1S/C19H24N4O/c1-24-16-5-2-4-14(10-16)12-23-9-7-17-15(13-23)11-21-19(22-17)18-6-3-8-20-18/h2,4-5,10-11,18,20H,3,6-9,12-13H2,1H3. The van der Waals surface area contributed by atoms with E-state index in [9.17, 15) is 0 Å². The number of methoxy groups -OCH3 is 1. The van der Waals surface area contributed by atoms with Crippen LogP contribution in [0.2, 0.25) is 0 Å². The predicted molar refractivity (Wildman–Crippen MR) is 92.8 cm³/mol. The molecular formula is C19H24N4O. The number of fused-ring (bicyclic) bond motifs is 1. The fourth-order valence-electron chi connectivity index (χ4n) is 3.63. The molecule has 5 heteroatoms. The molecule has 1 atom stereocenters. The van der Waals surface area contributed by atoms with Gasteiger partial charge in [0.1, 0.15) is 11.6 Å². The number of aromatic nitrogens is 2. The van der Waals surface area contributed by atoms with Crippen LogP contribution >= 0.6 is 0 Å². The van der Waals surface area contributed by atoms with Crippen molar-refractivity contribution in [1.29, 1.82) is 0 Å². The van der Waals surface area contributed by atoms with Crippen molar-refractivity contribution < 1.29 is 4.74 Å². The van der Waals surface area contributed by atoms with Crippen LogP contribution in [0.25, 0.3) is 0 Å². The van der Waals surface area contributed by atoms with Gasteiger partial charge in [-0.2, -0.15) is 0 Å². The Morgan fingerprint density at radius 2 is 2.33 bits per heavy atom. The van der Waals surface area contributed by atoms with Crippen LogP contribution in [0.3, 0.4) is 0 Å². The van der Waals surface area contributed by atoms with Gasteiger partial charge in [0.2, 0.25) is 0 Å². The van der Waals surface area contributed by atoms with Gasteiger partial charge in [0, 0.05) is 43.5 Å². The SMILES string of the molecule is COc1cccc(CN2CCc3nc(C4CCCN4)ncc3C2)c1. The van der Waals surface area contributed by atoms with Gasteiger partial charge in [-0.15, -0.1) is 0 Å². The smallest absolute Gasteiger partial charge is 0.145 e. The monoisotopic (exact) mass is 324 g/mol. The van der Waals surface area contributed by atoms with Crippen molar-refractivity contribution in [3.63, 3.8) is 0 Å². The van der Waals surface area contributed by atoms with E-state index in [-0.39, 0.29) is 0 Å². The van der Waals surface area contributed by atoms with Crippen molar-refractivity contribution in [1.82, 2.24) is 20.2 Å². The van der Waals surface area contributed by atoms with Gasteiger partial charge in [-0.05, 0) is 37.1 Å². The van der Waals surface area contributed by atoms with Crippen molar-refractivity contribution >= 4 is 0 Å². The van der Waals surface area contributed by atoms with Gasteiger partial charge in [0.05, 0.1) is 13.2 Å². The number of nitrogens with zero attached hydrogens (tertiary/aromatic N) is 3. The Kier molecular flexibility index (Phi) is 4.45. The molecule has 0 amide bonds. The van der Waals surface area contributed by atoms with Gasteiger partial charge < -0.3 is 10.1 Å². The zero-order valence-electron chi connectivity index (χ0n) is 14.2. The van der Waals surface area contributed by atoms with E-state index in [1.807, 2.05) is 12.3 Å². The molecule has 126 valence electrons. The average molecular weight is 324 g/mol. The highest BCUT2D eigenvalue weighted by molar-refractivity contribution is 5.29. The summed E-state index contributed by atoms with van der Waals surface area (Å²) in [7, 11) is 1.71. The van der Waals surface area contributed by atoms with Crippen LogP contribution in [0.4, 0.5) is 0 Å². The summed E-state index contributed by atoms with van der Waals surface area (Å²) >= 11 is 0. The number of nitrogens with one attached hydrogen (secondary N) is 1. The molecule has 2 aliphatic rings. The molecule has 0 radical (unpaired) electrons. The molecule has 0 bridgehead atoms. The van der Waals surface area contributed by atoms with Gasteiger partial charge in [0.25, 0.3) is 0 Å². The maximum Gasteiger partial charge on any atom is 0.145 e. The van der Waals surface area contributed by atoms with E-state index in [1.165, 1.54) is 23.2 Å². The summed E-state index contributed by atoms with van der Waals surface area (Å²) in [4.78, 5) is 11.9. The van der Waals surface area contributed by atoms with Crippen molar-refractivity contribution in [3.8, 4) is 5.75 Å². The molecule has 2 aliphatic heterocycles. The average Bonchev–Trinajstić information content (AvgIpc) is 3.16. The van der Waals surface area contributed by atoms with E-state index in [0.717, 1.165) is 50.6 Å². The summed E-state index contributed by atoms with van der Waals surface area (Å²) in [6, 6.07) is 8.66. The second-order valence-electron chi connectivity index (χ2n) is 6.66. The zero-order valence-corrected chi connectivity index (χ0v) is 14.2. The van der Waals surface area contributed by atoms with E-state index in [1.54, 1.807) is 7.11 Å². The largest absolute Gasteiger partial charge is 0.497 e. The molecule has 3 heterocycles. The number of hydrogen-bond donors (Lipinski definition) is 1. The molecule has 1 saturated heterocycles. The first-order chi connectivity index (χ1) is 11.8. The third kappa shape index (κ3) is 3.28. The first-order valence-corrected chi connectivity index (χ1v) is 8.75. The molecule has 24 heavy (non-hydrogen) atoms. The molecule has 1 unspecified atom stereocenters. The zero-order chi connectivity index (χ0) is 16.4. The maximum absolute atomic E-state index is 5.32. The summed E-state index contributed by atoms with van der Waals surface area (Å²) in [5.41, 5.74) is 3.78. The highest BCUT2D eigenvalue weighted by Gasteiger charge is 2.23. The molecule has 1 N–H and O–H groups in total. The van der Waals surface area contributed by atoms with Crippen LogP contribution in [0.5, 0.6) is 5.75 Å². The minimum Gasteiger partial charge on any atom is -0.497 e. The molecule has 4 rings (SSSR count). The molecule has 1 aromatic carbocycles. The second-order valence-corrected chi connectivity index (χ2v) is 6.66. The summed E-state index contributed by atoms with van der Waals surface area (Å²) in [5.74, 6) is 1.90. The van der Waals surface area contributed by atoms with E-state index >= 15 is 0 Å². The summed E-state index contributed by atoms with van der Waals surface area (Å²) in [6.07, 6.45) is 5.41. The van der Waals surface area contributed by atoms with Gasteiger partial charge in [-0.25, -0.2) is 9.97 Å². The van der Waals surface area contributed by atoms with E-state index in [0.29, 0.717) is 6.04 Å². The highest BCUT2D eigenvalue weighted by atomic mass is 16.5. The predicted octanol–water partition coefficient (Wildman–Crippen LogP) is 2.47. The van der Waals surface area contributed by atoms with E-state index in [4.69, 9.17) is 9.72 Å². The number of ether oxygens (including phenoxy) is 1. The first-order valence-electron chi connectivity index (χ1n) is 8.75. The van der Waals surface area contributed by atoms with Crippen molar-refractivity contribution in [3.05, 3.63) is 53.1 Å². The molecular weight excluding hydrogens is 300 g/mol. The Balaban J connectivity index is 1.45. The molecule has 2 aromatic rings. The lowest BCUT2D eigenvalue weighted by Crippen LogP contribution is -2.31. The Morgan fingerprint density at radius 1 is 1.38 bits per heavy atom. The Labute approximate surface area is 143 Å². The molecule has 0 saturated carbocycles. The summed E-state index contributed by atoms with van der Waals surface area (Å²) in [6.45, 7) is 3.98. The summed E-state index contributed by atoms with van der Waals surface area (Å²) in [5, 5.41) is 3.48. The Hall–Kier alpha value is -1.98. The van der Waals surface area contributed by atoms with Crippen LogP contribution in [-0.2, 0) is 19.5 Å². The third-order valence-corrected chi connectivity index (χ3v) is 4.94. The van der Waals surface area contributed by atoms with Crippen LogP contribution in [0.15, 0.2) is 30.5 Å². The maximum atomic E-state index is 5.32. The lowest BCUT2D eigenvalue weighted by Gasteiger charge is -2.28. The number of benzene rings is 1. The van der Waals surface area contributed by atoms with Crippen molar-refractivity contribution in [2.45, 2.75) is 38.4 Å². The number of rotatable bonds is 4. The summed E-state index contributed by atoms with van der Waals surface area (Å²) < 4.78 is 5.32. The van der Waals surface area contributed by atoms with Gasteiger partial charge >= 0.3 is 0 Å². The lowest BCUT2D eigenvalue weighted by atomic mass is 10.1. The second kappa shape index (κ2) is 6.87. The highest BCUT2D eigenvalue weighted by Crippen LogP contribution is 2.24. The molecule has 1 aromatic heterocycles. The quantitative estimate of drug-likeness (QED) is 0.936. The third-order valence-electron chi connectivity index (χ3n) is 4.94. The molecule has 0 spiro atoms. The normalized spacial score (nSPS) is 20.8. The van der Waals surface area contributed by atoms with E-state index < -0.39 is 0 Å². The fraction of sp³-hybridized carbons (Fsp3) is 0.474. The van der Waals surface area contributed by atoms with Gasteiger partial charge in [-0.3, -0.25) is 4.90 Å². The molecule has 1 fully saturated rings. The van der Waals surface area contributed by atoms with E-state index in [2.05, 4.69) is 33.4 Å². The minimum absolute atomic E-state index is 0.352. The molecule has 5 nitrogen and oxygen atoms in total. The molecule has 0 aliphatic carbocycles. The van der Waals surface area contributed by atoms with Crippen LogP contribution in [-0.4, -0.2) is 35.1 Å². The topological polar surface area (TPSA) is 50.3 Å². The van der Waals surface area contributed by atoms with Crippen LogP contribution in [0.1, 0.15) is 41.5 Å². The minimum atomic E-state index is 0.352. The van der Waals surface area contributed by atoms with Crippen LogP contribution < -0.4 is 10.1 Å². The Bertz CT molecular complexity index is 712. The van der Waals surface area contributed by atoms with Crippen molar-refractivity contribution in [2.75, 3.05) is 20.2 Å². The van der Waals surface area contributed by atoms with Gasteiger partial charge in [-0.1, -0.05) is 12.1 Å². The van der Waals surface area contributed by atoms with Gasteiger partial charge in [0.15, 0.2) is 0 Å². The number of hydrogen-bond acceptors (Lipinski definition) is 5. The Morgan fingerprint density at radius 3 is 3.17 bits per heavy atom. The van der Waals surface area contributed by atoms with Crippen molar-refractivity contribution in [2.24, 2.45) is 0 Å². The first kappa shape index (κ1) is 15.5. The lowest BCUT2D eigenvalue weighted by molar-refractivity contribution is 0.242.